The van der Waals surface area contributed by atoms with Crippen molar-refractivity contribution in [2.45, 2.75) is 25.8 Å². The summed E-state index contributed by atoms with van der Waals surface area (Å²) in [5, 5.41) is 9.89. The highest BCUT2D eigenvalue weighted by molar-refractivity contribution is 6.39. The number of anilines is 1. The molecule has 3 atom stereocenters. The first-order valence-corrected chi connectivity index (χ1v) is 16.0. The highest BCUT2D eigenvalue weighted by atomic mass is 35.5. The van der Waals surface area contributed by atoms with E-state index in [0.29, 0.717) is 58.7 Å². The number of methoxy groups -OCH3 is 1. The van der Waals surface area contributed by atoms with Crippen molar-refractivity contribution in [3.63, 3.8) is 0 Å². The number of benzene rings is 2. The average molecular weight is 678 g/mol. The van der Waals surface area contributed by atoms with E-state index < -0.39 is 17.2 Å². The number of amides is 2. The lowest BCUT2D eigenvalue weighted by molar-refractivity contribution is -0.119. The lowest BCUT2D eigenvalue weighted by Crippen LogP contribution is -2.40. The second kappa shape index (κ2) is 13.0. The smallest absolute Gasteiger partial charge is 0.330 e. The minimum absolute atomic E-state index is 0.0386. The van der Waals surface area contributed by atoms with Gasteiger partial charge >= 0.3 is 5.69 Å². The van der Waals surface area contributed by atoms with Gasteiger partial charge in [-0.25, -0.2) is 9.78 Å². The molecule has 0 bridgehead atoms. The average Bonchev–Trinajstić information content (AvgIpc) is 3.62. The molecule has 6 rings (SSSR count). The van der Waals surface area contributed by atoms with Crippen LogP contribution in [0, 0.1) is 11.8 Å². The molecule has 0 saturated carbocycles. The third kappa shape index (κ3) is 6.06. The highest BCUT2D eigenvalue weighted by Gasteiger charge is 2.35. The minimum atomic E-state index is -0.718. The van der Waals surface area contributed by atoms with E-state index in [0.717, 1.165) is 26.7 Å². The molecule has 47 heavy (non-hydrogen) atoms. The Hall–Kier alpha value is -4.45. The number of carbonyl (C=O) groups is 2. The number of nitrogens with one attached hydrogen (secondary N) is 3. The Balaban J connectivity index is 1.31. The van der Waals surface area contributed by atoms with Gasteiger partial charge in [0, 0.05) is 68.1 Å². The lowest BCUT2D eigenvalue weighted by atomic mass is 9.99. The number of pyridine rings is 1. The maximum Gasteiger partial charge on any atom is 0.330 e. The first kappa shape index (κ1) is 32.5. The van der Waals surface area contributed by atoms with E-state index >= 15 is 0 Å². The van der Waals surface area contributed by atoms with Crippen molar-refractivity contribution in [3.8, 4) is 28.3 Å². The summed E-state index contributed by atoms with van der Waals surface area (Å²) in [4.78, 5) is 54.4. The summed E-state index contributed by atoms with van der Waals surface area (Å²) in [6.45, 7) is 3.58. The first-order valence-electron chi connectivity index (χ1n) is 15.2. The zero-order valence-corrected chi connectivity index (χ0v) is 27.8. The van der Waals surface area contributed by atoms with Crippen LogP contribution in [0.4, 0.5) is 5.69 Å². The van der Waals surface area contributed by atoms with Crippen LogP contribution in [0.2, 0.25) is 10.0 Å². The predicted octanol–water partition coefficient (Wildman–Crippen LogP) is 4.34. The highest BCUT2D eigenvalue weighted by Crippen LogP contribution is 2.45. The van der Waals surface area contributed by atoms with Gasteiger partial charge in [0.25, 0.3) is 11.5 Å². The van der Waals surface area contributed by atoms with E-state index in [2.05, 4.69) is 22.9 Å². The Kier molecular flexibility index (Phi) is 8.97. The molecule has 2 aromatic heterocycles. The monoisotopic (exact) mass is 676 g/mol. The van der Waals surface area contributed by atoms with E-state index in [1.165, 1.54) is 20.3 Å². The second-order valence-corrected chi connectivity index (χ2v) is 12.9. The SMILES string of the molecule is COc1nc(-c2cccc(-c3cccc(NC(=O)c4cn(C)c(=O)n(C)c4=O)c3Cl)c2Cl)cc2c1[C@@H](NC[C@@H]1CNC(=O)C1)[C@@H](C)C2. The summed E-state index contributed by atoms with van der Waals surface area (Å²) < 4.78 is 7.85. The number of rotatable bonds is 8. The minimum Gasteiger partial charge on any atom is -0.481 e. The molecule has 0 unspecified atom stereocenters. The first-order chi connectivity index (χ1) is 22.5. The normalized spacial score (nSPS) is 18.6. The van der Waals surface area contributed by atoms with Gasteiger partial charge in [-0.05, 0) is 36.0 Å². The number of hydrogen-bond donors (Lipinski definition) is 3. The van der Waals surface area contributed by atoms with Crippen LogP contribution in [0.15, 0.2) is 58.3 Å². The van der Waals surface area contributed by atoms with E-state index in [4.69, 9.17) is 32.9 Å². The molecule has 1 aliphatic carbocycles. The number of ether oxygens (including phenoxy) is 1. The van der Waals surface area contributed by atoms with Crippen molar-refractivity contribution in [1.29, 1.82) is 0 Å². The van der Waals surface area contributed by atoms with Crippen LogP contribution >= 0.6 is 23.2 Å². The number of aryl methyl sites for hydroxylation is 1. The number of fused-ring (bicyclic) bond motifs is 1. The summed E-state index contributed by atoms with van der Waals surface area (Å²) in [5.41, 5.74) is 3.47. The van der Waals surface area contributed by atoms with Crippen LogP contribution in [-0.2, 0) is 25.3 Å². The molecule has 2 aliphatic rings. The Morgan fingerprint density at radius 1 is 1.04 bits per heavy atom. The van der Waals surface area contributed by atoms with E-state index in [-0.39, 0.29) is 34.1 Å². The largest absolute Gasteiger partial charge is 0.481 e. The van der Waals surface area contributed by atoms with Crippen LogP contribution in [0.1, 0.15) is 40.9 Å². The standard InChI is InChI=1S/C34H34Cl2N6O5/c1-17-11-19-13-25(40-32(47-4)27(19)30(17)38-15-18-12-26(43)37-14-18)22-9-5-7-20(28(22)35)21-8-6-10-24(29(21)36)39-31(44)23-16-41(2)34(46)42(3)33(23)45/h5-10,13,16-18,30,38H,11-12,14-15H2,1-4H3,(H,37,43)(H,39,44)/t17-,18-,30-/m0/s1. The molecule has 244 valence electrons. The molecule has 0 radical (unpaired) electrons. The summed E-state index contributed by atoms with van der Waals surface area (Å²) >= 11 is 13.9. The van der Waals surface area contributed by atoms with Crippen molar-refractivity contribution < 1.29 is 14.3 Å². The molecule has 0 spiro atoms. The third-order valence-corrected chi connectivity index (χ3v) is 9.73. The quantitative estimate of drug-likeness (QED) is 0.253. The van der Waals surface area contributed by atoms with Gasteiger partial charge in [0.1, 0.15) is 5.56 Å². The molecule has 2 amide bonds. The summed E-state index contributed by atoms with van der Waals surface area (Å²) in [6.07, 6.45) is 2.55. The van der Waals surface area contributed by atoms with E-state index in [9.17, 15) is 19.2 Å². The van der Waals surface area contributed by atoms with E-state index in [1.54, 1.807) is 25.3 Å². The number of hydrogen-bond acceptors (Lipinski definition) is 7. The van der Waals surface area contributed by atoms with Gasteiger partial charge in [-0.1, -0.05) is 60.5 Å². The predicted molar refractivity (Wildman–Crippen MR) is 181 cm³/mol. The van der Waals surface area contributed by atoms with Crippen LogP contribution < -0.4 is 31.9 Å². The molecule has 11 nitrogen and oxygen atoms in total. The fraction of sp³-hybridized carbons (Fsp3) is 0.324. The van der Waals surface area contributed by atoms with Crippen molar-refractivity contribution in [1.82, 2.24) is 24.8 Å². The van der Waals surface area contributed by atoms with Gasteiger partial charge in [0.05, 0.1) is 28.5 Å². The van der Waals surface area contributed by atoms with Crippen LogP contribution in [0.25, 0.3) is 22.4 Å². The van der Waals surface area contributed by atoms with Gasteiger partial charge in [0.2, 0.25) is 11.8 Å². The number of aromatic nitrogens is 3. The summed E-state index contributed by atoms with van der Waals surface area (Å²) in [5.74, 6) is 0.447. The lowest BCUT2D eigenvalue weighted by Gasteiger charge is -2.22. The van der Waals surface area contributed by atoms with E-state index in [1.807, 2.05) is 24.3 Å². The second-order valence-electron chi connectivity index (χ2n) is 12.1. The van der Waals surface area contributed by atoms with Gasteiger partial charge in [-0.3, -0.25) is 19.0 Å². The maximum absolute atomic E-state index is 13.1. The summed E-state index contributed by atoms with van der Waals surface area (Å²) in [6, 6.07) is 12.8. The van der Waals surface area contributed by atoms with Crippen LogP contribution in [-0.4, -0.2) is 46.1 Å². The number of halogens is 2. The van der Waals surface area contributed by atoms with Gasteiger partial charge in [-0.15, -0.1) is 0 Å². The molecule has 1 aliphatic heterocycles. The Morgan fingerprint density at radius 2 is 1.74 bits per heavy atom. The Bertz CT molecular complexity index is 2040. The molecule has 2 aromatic carbocycles. The number of nitrogens with zero attached hydrogens (tertiary/aromatic N) is 3. The Labute approximate surface area is 280 Å². The van der Waals surface area contributed by atoms with Crippen molar-refractivity contribution in [2.24, 2.45) is 25.9 Å². The van der Waals surface area contributed by atoms with Crippen molar-refractivity contribution in [2.75, 3.05) is 25.5 Å². The van der Waals surface area contributed by atoms with Crippen molar-refractivity contribution in [3.05, 3.63) is 96.2 Å². The van der Waals surface area contributed by atoms with Gasteiger partial charge in [0.15, 0.2) is 0 Å². The molecule has 1 fully saturated rings. The molecular formula is C34H34Cl2N6O5. The molecule has 3 heterocycles. The Morgan fingerprint density at radius 3 is 2.45 bits per heavy atom. The third-order valence-electron chi connectivity index (χ3n) is 8.92. The van der Waals surface area contributed by atoms with Crippen molar-refractivity contribution >= 4 is 40.7 Å². The number of carbonyl (C=O) groups excluding carboxylic acids is 2. The zero-order chi connectivity index (χ0) is 33.6. The fourth-order valence-electron chi connectivity index (χ4n) is 6.46. The molecule has 1 saturated heterocycles. The fourth-order valence-corrected chi connectivity index (χ4v) is 7.06. The van der Waals surface area contributed by atoms with Gasteiger partial charge < -0.3 is 25.3 Å². The molecule has 13 heteroatoms. The topological polar surface area (TPSA) is 136 Å². The molecule has 3 N–H and O–H groups in total. The molecule has 4 aromatic rings. The summed E-state index contributed by atoms with van der Waals surface area (Å²) in [7, 11) is 4.38. The maximum atomic E-state index is 13.1. The van der Waals surface area contributed by atoms with Crippen LogP contribution in [0.3, 0.4) is 0 Å². The van der Waals surface area contributed by atoms with Crippen LogP contribution in [0.5, 0.6) is 5.88 Å². The zero-order valence-electron chi connectivity index (χ0n) is 26.3. The molecular weight excluding hydrogens is 643 g/mol. The van der Waals surface area contributed by atoms with Gasteiger partial charge in [-0.2, -0.15) is 0 Å².